The van der Waals surface area contributed by atoms with Crippen molar-refractivity contribution in [3.8, 4) is 0 Å². The van der Waals surface area contributed by atoms with E-state index in [1.165, 1.54) is 0 Å². The Labute approximate surface area is 485 Å². The van der Waals surface area contributed by atoms with E-state index in [-0.39, 0.29) is 25.9 Å². The Morgan fingerprint density at radius 1 is 0.350 bits per heavy atom. The van der Waals surface area contributed by atoms with Crippen LogP contribution >= 0.6 is 7.82 Å². The van der Waals surface area contributed by atoms with Crippen molar-refractivity contribution >= 4 is 25.7 Å². The van der Waals surface area contributed by atoms with Crippen molar-refractivity contribution in [1.29, 1.82) is 0 Å². The predicted octanol–water partition coefficient (Wildman–Crippen LogP) is 18.2. The number of rotatable bonds is 53. The van der Waals surface area contributed by atoms with Gasteiger partial charge in [0.1, 0.15) is 12.7 Å². The first-order valence-electron chi connectivity index (χ1n) is 30.0. The van der Waals surface area contributed by atoms with Crippen LogP contribution in [0.2, 0.25) is 0 Å². The highest BCUT2D eigenvalue weighted by Crippen LogP contribution is 2.43. The van der Waals surface area contributed by atoms with Crippen molar-refractivity contribution in [2.24, 2.45) is 0 Å². The lowest BCUT2D eigenvalue weighted by molar-refractivity contribution is -0.161. The molecule has 0 heterocycles. The third kappa shape index (κ3) is 57.5. The van der Waals surface area contributed by atoms with E-state index in [1.807, 2.05) is 12.2 Å². The van der Waals surface area contributed by atoms with Crippen molar-refractivity contribution in [3.63, 3.8) is 0 Å². The zero-order valence-electron chi connectivity index (χ0n) is 49.5. The zero-order valence-corrected chi connectivity index (χ0v) is 50.4. The lowest BCUT2D eigenvalue weighted by atomic mass is 10.1. The minimum absolute atomic E-state index is 0.0253. The quantitative estimate of drug-likeness (QED) is 0.0197. The van der Waals surface area contributed by atoms with Gasteiger partial charge >= 0.3 is 25.7 Å². The van der Waals surface area contributed by atoms with Crippen molar-refractivity contribution < 1.29 is 52.2 Å². The summed E-state index contributed by atoms with van der Waals surface area (Å²) in [5, 5.41) is 9.84. The summed E-state index contributed by atoms with van der Waals surface area (Å²) < 4.78 is 39.5. The molecular formula is C68H105O11P. The van der Waals surface area contributed by atoms with Gasteiger partial charge in [-0.3, -0.25) is 23.4 Å². The van der Waals surface area contributed by atoms with Crippen LogP contribution in [0.25, 0.3) is 0 Å². The van der Waals surface area contributed by atoms with Crippen molar-refractivity contribution in [2.45, 2.75) is 213 Å². The molecule has 0 bridgehead atoms. The summed E-state index contributed by atoms with van der Waals surface area (Å²) in [5.74, 6) is -1.64. The van der Waals surface area contributed by atoms with Crippen molar-refractivity contribution in [1.82, 2.24) is 0 Å². The summed E-state index contributed by atoms with van der Waals surface area (Å²) >= 11 is 0. The molecule has 80 heavy (non-hydrogen) atoms. The van der Waals surface area contributed by atoms with Gasteiger partial charge in [0.05, 0.1) is 19.8 Å². The maximum atomic E-state index is 12.9. The summed E-state index contributed by atoms with van der Waals surface area (Å²) in [5.41, 5.74) is 0. The van der Waals surface area contributed by atoms with Crippen LogP contribution in [0.3, 0.4) is 0 Å². The molecule has 0 aromatic carbocycles. The second kappa shape index (κ2) is 59.9. The molecule has 0 saturated heterocycles. The molecule has 0 aliphatic rings. The molecule has 0 saturated carbocycles. The summed E-state index contributed by atoms with van der Waals surface area (Å²) in [4.78, 5) is 48.6. The highest BCUT2D eigenvalue weighted by molar-refractivity contribution is 7.47. The van der Waals surface area contributed by atoms with E-state index in [4.69, 9.17) is 23.3 Å². The standard InChI is InChI=1S/C68H105O11P/c1-4-7-10-13-16-19-22-25-28-30-32-34-37-40-43-46-49-52-55-58-67(71)78-64(60-69)62-76-80(73,74)77-63-65(61-75-66(70)57-54-51-48-45-42-39-36-27-24-21-18-15-12-9-6-3)79-68(72)59-56-53-50-47-44-41-38-35-33-31-29-26-23-20-17-14-11-8-5-2/h7-12,16-21,25-29,32-36,40-41,43-44,50,53,64-65,69H,4-6,13-15,22-24,30-31,37-39,42,45-49,51-52,54-63H2,1-3H3,(H,73,74)/b10-7-,11-8-,12-9-,19-16-,20-17-,21-18-,28-25-,29-26-,34-32-,35-33-,36-27-,43-40-,44-41-,53-50-. The number of hydrogen-bond donors (Lipinski definition) is 2. The van der Waals surface area contributed by atoms with Gasteiger partial charge in [0.15, 0.2) is 6.10 Å². The van der Waals surface area contributed by atoms with Crippen LogP contribution in [0.1, 0.15) is 201 Å². The van der Waals surface area contributed by atoms with E-state index in [1.54, 1.807) is 0 Å². The Hall–Kier alpha value is -5.16. The summed E-state index contributed by atoms with van der Waals surface area (Å²) in [6.07, 6.45) is 80.4. The van der Waals surface area contributed by atoms with Crippen molar-refractivity contribution in [2.75, 3.05) is 26.4 Å². The number of phosphoric acid groups is 1. The fourth-order valence-electron chi connectivity index (χ4n) is 7.19. The number of allylic oxidation sites excluding steroid dienone is 28. The molecule has 11 nitrogen and oxygen atoms in total. The average molecular weight is 1130 g/mol. The molecule has 448 valence electrons. The van der Waals surface area contributed by atoms with Gasteiger partial charge in [-0.25, -0.2) is 4.57 Å². The molecule has 0 aliphatic heterocycles. The fourth-order valence-corrected chi connectivity index (χ4v) is 7.97. The van der Waals surface area contributed by atoms with E-state index in [0.717, 1.165) is 135 Å². The number of aliphatic hydroxyl groups is 1. The van der Waals surface area contributed by atoms with Gasteiger partial charge < -0.3 is 24.2 Å². The van der Waals surface area contributed by atoms with E-state index in [9.17, 15) is 28.9 Å². The molecule has 0 amide bonds. The van der Waals surface area contributed by atoms with Crippen LogP contribution in [-0.2, 0) is 42.2 Å². The number of aliphatic hydroxyl groups excluding tert-OH is 1. The number of esters is 3. The van der Waals surface area contributed by atoms with Gasteiger partial charge in [0, 0.05) is 19.3 Å². The van der Waals surface area contributed by atoms with Crippen LogP contribution in [0.5, 0.6) is 0 Å². The highest BCUT2D eigenvalue weighted by atomic mass is 31.2. The minimum Gasteiger partial charge on any atom is -0.462 e. The first kappa shape index (κ1) is 74.8. The van der Waals surface area contributed by atoms with Crippen LogP contribution < -0.4 is 0 Å². The maximum absolute atomic E-state index is 12.9. The fraction of sp³-hybridized carbons (Fsp3) is 0.544. The SMILES string of the molecule is CC/C=C\C/C=C\C/C=C\C/C=C\C/C=C\C/C=C\CCC(=O)OC(COC(=O)CCCCCCC/C=C\C/C=C\C/C=C\CC)COP(=O)(O)OCC(CO)OC(=O)CCCCC/C=C\C/C=C\C/C=C\C/C=C\C/C=C\CC. The van der Waals surface area contributed by atoms with E-state index in [0.29, 0.717) is 25.7 Å². The van der Waals surface area contributed by atoms with Gasteiger partial charge in [0.25, 0.3) is 0 Å². The molecule has 2 N–H and O–H groups in total. The van der Waals surface area contributed by atoms with E-state index < -0.39 is 57.8 Å². The van der Waals surface area contributed by atoms with Gasteiger partial charge in [-0.05, 0) is 135 Å². The molecule has 12 heteroatoms. The number of carbonyl (C=O) groups excluding carboxylic acids is 3. The second-order valence-electron chi connectivity index (χ2n) is 19.0. The van der Waals surface area contributed by atoms with Gasteiger partial charge in [0.2, 0.25) is 0 Å². The Bertz CT molecular complexity index is 1990. The largest absolute Gasteiger partial charge is 0.472 e. The monoisotopic (exact) mass is 1130 g/mol. The molecular weight excluding hydrogens is 1020 g/mol. The summed E-state index contributed by atoms with van der Waals surface area (Å²) in [6, 6.07) is 0. The van der Waals surface area contributed by atoms with E-state index >= 15 is 0 Å². The van der Waals surface area contributed by atoms with Crippen LogP contribution in [-0.4, -0.2) is 66.5 Å². The molecule has 0 radical (unpaired) electrons. The molecule has 3 unspecified atom stereocenters. The van der Waals surface area contributed by atoms with Gasteiger partial charge in [-0.1, -0.05) is 217 Å². The Morgan fingerprint density at radius 3 is 1.02 bits per heavy atom. The smallest absolute Gasteiger partial charge is 0.462 e. The third-order valence-electron chi connectivity index (χ3n) is 11.6. The molecule has 0 spiro atoms. The normalized spacial score (nSPS) is 14.5. The number of ether oxygens (including phenoxy) is 3. The minimum atomic E-state index is -4.80. The Kier molecular flexibility index (Phi) is 56.1. The lowest BCUT2D eigenvalue weighted by Crippen LogP contribution is -2.30. The first-order valence-corrected chi connectivity index (χ1v) is 31.5. The average Bonchev–Trinajstić information content (AvgIpc) is 3.45. The zero-order chi connectivity index (χ0) is 58.3. The lowest BCUT2D eigenvalue weighted by Gasteiger charge is -2.21. The maximum Gasteiger partial charge on any atom is 0.472 e. The van der Waals surface area contributed by atoms with Gasteiger partial charge in [-0.15, -0.1) is 0 Å². The number of unbranched alkanes of at least 4 members (excludes halogenated alkanes) is 8. The third-order valence-corrected chi connectivity index (χ3v) is 12.6. The van der Waals surface area contributed by atoms with Crippen LogP contribution in [0.4, 0.5) is 0 Å². The molecule has 3 atom stereocenters. The summed E-state index contributed by atoms with van der Waals surface area (Å²) in [6.45, 7) is 4.14. The number of phosphoric ester groups is 1. The Morgan fingerprint density at radius 2 is 0.637 bits per heavy atom. The number of hydrogen-bond acceptors (Lipinski definition) is 10. The van der Waals surface area contributed by atoms with Crippen LogP contribution in [0.15, 0.2) is 170 Å². The van der Waals surface area contributed by atoms with Gasteiger partial charge in [-0.2, -0.15) is 0 Å². The molecule has 0 fully saturated rings. The molecule has 0 aromatic heterocycles. The van der Waals surface area contributed by atoms with E-state index in [2.05, 4.69) is 179 Å². The first-order chi connectivity index (χ1) is 39.2. The Balaban J connectivity index is 4.89. The molecule has 0 aliphatic carbocycles. The topological polar surface area (TPSA) is 155 Å². The summed E-state index contributed by atoms with van der Waals surface area (Å²) in [7, 11) is -4.80. The van der Waals surface area contributed by atoms with Crippen molar-refractivity contribution in [3.05, 3.63) is 170 Å². The molecule has 0 aromatic rings. The molecule has 0 rings (SSSR count). The second-order valence-corrected chi connectivity index (χ2v) is 20.5. The highest BCUT2D eigenvalue weighted by Gasteiger charge is 2.28. The number of carbonyl (C=O) groups is 3. The predicted molar refractivity (Wildman–Crippen MR) is 334 cm³/mol. The van der Waals surface area contributed by atoms with Crippen LogP contribution in [0, 0.1) is 0 Å².